The molecule has 0 aromatic carbocycles. The zero-order chi connectivity index (χ0) is 18.2. The molecule has 2 rings (SSSR count). The number of carbonyl (C=O) groups is 1. The largest absolute Gasteiger partial charge is 0.370 e. The van der Waals surface area contributed by atoms with Crippen molar-refractivity contribution in [3.8, 4) is 0 Å². The molecule has 152 valence electrons. The summed E-state index contributed by atoms with van der Waals surface area (Å²) in [5.41, 5.74) is 5.38. The first-order chi connectivity index (χ1) is 12.0. The summed E-state index contributed by atoms with van der Waals surface area (Å²) in [5, 5.41) is 3.42. The molecular formula is C19H38IN5O. The van der Waals surface area contributed by atoms with Crippen molar-refractivity contribution >= 4 is 35.8 Å². The molecule has 2 aliphatic heterocycles. The van der Waals surface area contributed by atoms with E-state index >= 15 is 0 Å². The van der Waals surface area contributed by atoms with Crippen molar-refractivity contribution in [3.05, 3.63) is 0 Å². The third-order valence-electron chi connectivity index (χ3n) is 5.27. The molecule has 3 unspecified atom stereocenters. The Morgan fingerprint density at radius 3 is 2.54 bits per heavy atom. The van der Waals surface area contributed by atoms with E-state index in [1.165, 1.54) is 19.5 Å². The molecule has 2 saturated heterocycles. The second-order valence-electron chi connectivity index (χ2n) is 8.07. The number of nitrogens with two attached hydrogens (primary N) is 1. The summed E-state index contributed by atoms with van der Waals surface area (Å²) < 4.78 is 0. The number of nitrogens with zero attached hydrogens (tertiary/aromatic N) is 3. The first-order valence-electron chi connectivity index (χ1n) is 10.0. The van der Waals surface area contributed by atoms with Gasteiger partial charge in [-0.15, -0.1) is 24.0 Å². The van der Waals surface area contributed by atoms with Crippen LogP contribution in [0.2, 0.25) is 0 Å². The number of likely N-dealkylation sites (tertiary alicyclic amines) is 2. The highest BCUT2D eigenvalue weighted by atomic mass is 127. The highest BCUT2D eigenvalue weighted by molar-refractivity contribution is 14.0. The summed E-state index contributed by atoms with van der Waals surface area (Å²) in [6.07, 6.45) is 4.02. The van der Waals surface area contributed by atoms with Crippen LogP contribution in [0.3, 0.4) is 0 Å². The summed E-state index contributed by atoms with van der Waals surface area (Å²) in [7, 11) is 0. The average Bonchev–Trinajstić information content (AvgIpc) is 2.53. The third-order valence-corrected chi connectivity index (χ3v) is 5.27. The van der Waals surface area contributed by atoms with Gasteiger partial charge in [0, 0.05) is 45.7 Å². The number of guanidine groups is 1. The molecule has 0 saturated carbocycles. The maximum atomic E-state index is 11.2. The lowest BCUT2D eigenvalue weighted by molar-refractivity contribution is -0.119. The van der Waals surface area contributed by atoms with Gasteiger partial charge in [0.25, 0.3) is 0 Å². The third kappa shape index (κ3) is 7.98. The lowest BCUT2D eigenvalue weighted by Gasteiger charge is -2.36. The van der Waals surface area contributed by atoms with Gasteiger partial charge in [-0.1, -0.05) is 13.8 Å². The zero-order valence-electron chi connectivity index (χ0n) is 16.7. The number of carbonyl (C=O) groups excluding carboxylic acids is 1. The lowest BCUT2D eigenvalue weighted by atomic mass is 9.92. The summed E-state index contributed by atoms with van der Waals surface area (Å²) in [5.74, 6) is 2.74. The number of rotatable bonds is 6. The fourth-order valence-corrected chi connectivity index (χ4v) is 4.41. The molecule has 26 heavy (non-hydrogen) atoms. The van der Waals surface area contributed by atoms with E-state index < -0.39 is 0 Å². The maximum Gasteiger partial charge on any atom is 0.217 e. The Hall–Kier alpha value is -0.570. The fourth-order valence-electron chi connectivity index (χ4n) is 4.41. The fraction of sp³-hybridized carbons (Fsp3) is 0.895. The SMILES string of the molecule is CCNC(=NCCN1CC(C)CC(C)C1)N1CCCC(CC(N)=O)C1.I. The van der Waals surface area contributed by atoms with E-state index in [0.717, 1.165) is 63.4 Å². The van der Waals surface area contributed by atoms with Crippen LogP contribution in [0.4, 0.5) is 0 Å². The second kappa shape index (κ2) is 12.0. The number of halogens is 1. The Labute approximate surface area is 176 Å². The van der Waals surface area contributed by atoms with Crippen LogP contribution < -0.4 is 11.1 Å². The minimum atomic E-state index is -0.192. The minimum absolute atomic E-state index is 0. The number of piperidine rings is 2. The van der Waals surface area contributed by atoms with Crippen LogP contribution in [0.15, 0.2) is 4.99 Å². The van der Waals surface area contributed by atoms with Crippen molar-refractivity contribution in [2.75, 3.05) is 45.8 Å². The van der Waals surface area contributed by atoms with Crippen LogP contribution in [-0.4, -0.2) is 67.5 Å². The van der Waals surface area contributed by atoms with Gasteiger partial charge in [0.15, 0.2) is 5.96 Å². The van der Waals surface area contributed by atoms with Crippen LogP contribution in [0.1, 0.15) is 46.5 Å². The molecule has 0 bridgehead atoms. The number of primary amides is 1. The van der Waals surface area contributed by atoms with Crippen molar-refractivity contribution in [1.29, 1.82) is 0 Å². The minimum Gasteiger partial charge on any atom is -0.370 e. The number of hydrogen-bond acceptors (Lipinski definition) is 3. The Kier molecular flexibility index (Phi) is 10.8. The van der Waals surface area contributed by atoms with Gasteiger partial charge in [0.1, 0.15) is 0 Å². The number of amides is 1. The average molecular weight is 479 g/mol. The molecule has 0 aliphatic carbocycles. The van der Waals surface area contributed by atoms with E-state index in [4.69, 9.17) is 10.7 Å². The predicted molar refractivity (Wildman–Crippen MR) is 119 cm³/mol. The molecule has 0 radical (unpaired) electrons. The number of nitrogens with one attached hydrogen (secondary N) is 1. The second-order valence-corrected chi connectivity index (χ2v) is 8.07. The summed E-state index contributed by atoms with van der Waals surface area (Å²) in [6.45, 7) is 13.8. The van der Waals surface area contributed by atoms with Gasteiger partial charge in [-0.05, 0) is 43.9 Å². The Morgan fingerprint density at radius 1 is 1.23 bits per heavy atom. The highest BCUT2D eigenvalue weighted by Gasteiger charge is 2.24. The zero-order valence-corrected chi connectivity index (χ0v) is 19.1. The predicted octanol–water partition coefficient (Wildman–Crippen LogP) is 2.14. The quantitative estimate of drug-likeness (QED) is 0.348. The molecule has 6 nitrogen and oxygen atoms in total. The van der Waals surface area contributed by atoms with Crippen LogP contribution in [0, 0.1) is 17.8 Å². The molecular weight excluding hydrogens is 441 g/mol. The molecule has 0 aromatic heterocycles. The summed E-state index contributed by atoms with van der Waals surface area (Å²) >= 11 is 0. The van der Waals surface area contributed by atoms with Crippen LogP contribution in [0.25, 0.3) is 0 Å². The molecule has 2 aliphatic rings. The highest BCUT2D eigenvalue weighted by Crippen LogP contribution is 2.21. The van der Waals surface area contributed by atoms with Gasteiger partial charge >= 0.3 is 0 Å². The van der Waals surface area contributed by atoms with Crippen LogP contribution in [-0.2, 0) is 4.79 Å². The van der Waals surface area contributed by atoms with Crippen LogP contribution in [0.5, 0.6) is 0 Å². The van der Waals surface area contributed by atoms with Crippen molar-refractivity contribution in [2.45, 2.75) is 46.5 Å². The van der Waals surface area contributed by atoms with E-state index in [0.29, 0.717) is 12.3 Å². The van der Waals surface area contributed by atoms with Crippen molar-refractivity contribution in [1.82, 2.24) is 15.1 Å². The number of hydrogen-bond donors (Lipinski definition) is 2. The van der Waals surface area contributed by atoms with Crippen molar-refractivity contribution < 1.29 is 4.79 Å². The van der Waals surface area contributed by atoms with E-state index in [2.05, 4.69) is 35.9 Å². The van der Waals surface area contributed by atoms with Gasteiger partial charge in [-0.25, -0.2) is 0 Å². The van der Waals surface area contributed by atoms with Crippen molar-refractivity contribution in [3.63, 3.8) is 0 Å². The monoisotopic (exact) mass is 479 g/mol. The van der Waals surface area contributed by atoms with E-state index in [-0.39, 0.29) is 29.9 Å². The molecule has 3 N–H and O–H groups in total. The van der Waals surface area contributed by atoms with Crippen LogP contribution >= 0.6 is 24.0 Å². The van der Waals surface area contributed by atoms with E-state index in [9.17, 15) is 4.79 Å². The molecule has 2 fully saturated rings. The first kappa shape index (κ1) is 23.5. The normalized spacial score (nSPS) is 27.7. The summed E-state index contributed by atoms with van der Waals surface area (Å²) in [4.78, 5) is 21.0. The Morgan fingerprint density at radius 2 is 1.92 bits per heavy atom. The molecule has 3 atom stereocenters. The van der Waals surface area contributed by atoms with E-state index in [1.807, 2.05) is 0 Å². The van der Waals surface area contributed by atoms with Gasteiger partial charge in [-0.2, -0.15) is 0 Å². The number of aliphatic imine (C=N–C) groups is 1. The molecule has 0 aromatic rings. The van der Waals surface area contributed by atoms with Gasteiger partial charge < -0.3 is 20.9 Å². The first-order valence-corrected chi connectivity index (χ1v) is 10.0. The van der Waals surface area contributed by atoms with Gasteiger partial charge in [0.2, 0.25) is 5.91 Å². The lowest BCUT2D eigenvalue weighted by Crippen LogP contribution is -2.47. The molecule has 2 heterocycles. The smallest absolute Gasteiger partial charge is 0.217 e. The van der Waals surface area contributed by atoms with Gasteiger partial charge in [0.05, 0.1) is 6.54 Å². The Bertz CT molecular complexity index is 449. The van der Waals surface area contributed by atoms with E-state index in [1.54, 1.807) is 0 Å². The standard InChI is InChI=1S/C19H37N5O.HI/c1-4-21-19(24-8-5-6-17(14-24)11-18(20)25)22-7-9-23-12-15(2)10-16(3)13-23;/h15-17H,4-14H2,1-3H3,(H2,20,25)(H,21,22);1H. The topological polar surface area (TPSA) is 74.0 Å². The molecule has 0 spiro atoms. The molecule has 7 heteroatoms. The molecule has 1 amide bonds. The Balaban J connectivity index is 0.00000338. The maximum absolute atomic E-state index is 11.2. The summed E-state index contributed by atoms with van der Waals surface area (Å²) in [6, 6.07) is 0. The van der Waals surface area contributed by atoms with Crippen molar-refractivity contribution in [2.24, 2.45) is 28.5 Å². The van der Waals surface area contributed by atoms with Gasteiger partial charge in [-0.3, -0.25) is 9.79 Å².